The summed E-state index contributed by atoms with van der Waals surface area (Å²) in [4.78, 5) is 23.6. The van der Waals surface area contributed by atoms with Gasteiger partial charge < -0.3 is 9.84 Å². The first kappa shape index (κ1) is 19.4. The van der Waals surface area contributed by atoms with E-state index in [4.69, 9.17) is 5.11 Å². The summed E-state index contributed by atoms with van der Waals surface area (Å²) in [7, 11) is 2.22. The Labute approximate surface area is 150 Å². The predicted octanol–water partition coefficient (Wildman–Crippen LogP) is 3.48. The lowest BCUT2D eigenvalue weighted by atomic mass is 9.82. The topological polar surface area (TPSA) is 66.8 Å². The first-order valence-electron chi connectivity index (χ1n) is 9.20. The molecule has 5 nitrogen and oxygen atoms in total. The zero-order valence-corrected chi connectivity index (χ0v) is 15.0. The molecule has 1 aliphatic rings. The second-order valence-corrected chi connectivity index (χ2v) is 7.01. The molecule has 138 valence electrons. The average Bonchev–Trinajstić information content (AvgIpc) is 2.62. The number of hydrogen-bond acceptors (Lipinski definition) is 4. The van der Waals surface area contributed by atoms with Crippen LogP contribution in [0.15, 0.2) is 30.3 Å². The van der Waals surface area contributed by atoms with E-state index in [0.717, 1.165) is 31.7 Å². The molecule has 1 N–H and O–H groups in total. The van der Waals surface area contributed by atoms with Crippen LogP contribution >= 0.6 is 0 Å². The van der Waals surface area contributed by atoms with Gasteiger partial charge in [0, 0.05) is 12.6 Å². The number of hydrogen-bond donors (Lipinski definition) is 1. The molecule has 0 aromatic heterocycles. The van der Waals surface area contributed by atoms with Gasteiger partial charge in [0.25, 0.3) is 0 Å². The SMILES string of the molecule is CN(Cc1ccccc1)[C@H]1CC[C@@H](CCCCOC(=O)C(=O)O)CC1. The minimum atomic E-state index is -1.52. The van der Waals surface area contributed by atoms with Crippen LogP contribution in [0.2, 0.25) is 0 Å². The highest BCUT2D eigenvalue weighted by Crippen LogP contribution is 2.30. The van der Waals surface area contributed by atoms with Gasteiger partial charge in [-0.3, -0.25) is 4.90 Å². The Balaban J connectivity index is 1.58. The molecular formula is C20H29NO4. The number of carboxylic acids is 1. The quantitative estimate of drug-likeness (QED) is 0.443. The Morgan fingerprint density at radius 2 is 1.80 bits per heavy atom. The van der Waals surface area contributed by atoms with E-state index in [1.165, 1.54) is 31.2 Å². The number of carbonyl (C=O) groups excluding carboxylic acids is 1. The number of unbranched alkanes of at least 4 members (excludes halogenated alkanes) is 1. The molecule has 0 heterocycles. The Bertz CT molecular complexity index is 538. The second-order valence-electron chi connectivity index (χ2n) is 7.01. The van der Waals surface area contributed by atoms with E-state index in [1.54, 1.807) is 0 Å². The number of benzene rings is 1. The van der Waals surface area contributed by atoms with E-state index < -0.39 is 11.9 Å². The van der Waals surface area contributed by atoms with Crippen molar-refractivity contribution in [3.8, 4) is 0 Å². The Kier molecular flexibility index (Phi) is 7.92. The fraction of sp³-hybridized carbons (Fsp3) is 0.600. The van der Waals surface area contributed by atoms with Crippen LogP contribution in [0.5, 0.6) is 0 Å². The van der Waals surface area contributed by atoms with Crippen molar-refractivity contribution in [3.05, 3.63) is 35.9 Å². The van der Waals surface area contributed by atoms with Gasteiger partial charge in [0.1, 0.15) is 0 Å². The van der Waals surface area contributed by atoms with Crippen molar-refractivity contribution in [1.29, 1.82) is 0 Å². The van der Waals surface area contributed by atoms with Gasteiger partial charge in [-0.05, 0) is 57.1 Å². The summed E-state index contributed by atoms with van der Waals surface area (Å²) < 4.78 is 4.65. The fourth-order valence-electron chi connectivity index (χ4n) is 3.64. The molecule has 0 aliphatic heterocycles. The van der Waals surface area contributed by atoms with Crippen molar-refractivity contribution in [2.75, 3.05) is 13.7 Å². The van der Waals surface area contributed by atoms with Crippen LogP contribution < -0.4 is 0 Å². The van der Waals surface area contributed by atoms with Crippen molar-refractivity contribution in [2.45, 2.75) is 57.5 Å². The fourth-order valence-corrected chi connectivity index (χ4v) is 3.64. The summed E-state index contributed by atoms with van der Waals surface area (Å²) in [5.74, 6) is -1.92. The number of ether oxygens (including phenoxy) is 1. The molecule has 0 radical (unpaired) electrons. The molecule has 2 rings (SSSR count). The molecule has 0 atom stereocenters. The molecule has 0 amide bonds. The molecule has 1 aromatic carbocycles. The highest BCUT2D eigenvalue weighted by atomic mass is 16.6. The minimum absolute atomic E-state index is 0.209. The number of aliphatic carboxylic acids is 1. The molecule has 1 aliphatic carbocycles. The van der Waals surface area contributed by atoms with E-state index >= 15 is 0 Å². The number of carboxylic acid groups (broad SMARTS) is 1. The van der Waals surface area contributed by atoms with Crippen LogP contribution in [0.4, 0.5) is 0 Å². The van der Waals surface area contributed by atoms with Crippen LogP contribution in [0, 0.1) is 5.92 Å². The van der Waals surface area contributed by atoms with E-state index in [2.05, 4.69) is 47.0 Å². The predicted molar refractivity (Wildman–Crippen MR) is 96.1 cm³/mol. The lowest BCUT2D eigenvalue weighted by molar-refractivity contribution is -0.163. The number of nitrogens with zero attached hydrogens (tertiary/aromatic N) is 1. The van der Waals surface area contributed by atoms with Gasteiger partial charge in [0.2, 0.25) is 0 Å². The molecule has 0 unspecified atom stereocenters. The average molecular weight is 347 g/mol. The molecular weight excluding hydrogens is 318 g/mol. The minimum Gasteiger partial charge on any atom is -0.473 e. The van der Waals surface area contributed by atoms with Crippen LogP contribution in [0.3, 0.4) is 0 Å². The summed E-state index contributed by atoms with van der Waals surface area (Å²) >= 11 is 0. The Morgan fingerprint density at radius 1 is 1.12 bits per heavy atom. The van der Waals surface area contributed by atoms with Crippen LogP contribution in [-0.2, 0) is 20.9 Å². The van der Waals surface area contributed by atoms with E-state index in [1.807, 2.05) is 0 Å². The maximum Gasteiger partial charge on any atom is 0.417 e. The third kappa shape index (κ3) is 6.86. The van der Waals surface area contributed by atoms with Crippen molar-refractivity contribution in [1.82, 2.24) is 4.90 Å². The summed E-state index contributed by atoms with van der Waals surface area (Å²) in [6, 6.07) is 11.3. The monoisotopic (exact) mass is 347 g/mol. The summed E-state index contributed by atoms with van der Waals surface area (Å²) in [5, 5.41) is 8.43. The summed E-state index contributed by atoms with van der Waals surface area (Å²) in [5.41, 5.74) is 1.36. The van der Waals surface area contributed by atoms with Crippen molar-refractivity contribution < 1.29 is 19.4 Å². The molecule has 0 saturated heterocycles. The zero-order chi connectivity index (χ0) is 18.1. The smallest absolute Gasteiger partial charge is 0.417 e. The van der Waals surface area contributed by atoms with Gasteiger partial charge in [0.05, 0.1) is 6.61 Å². The van der Waals surface area contributed by atoms with Gasteiger partial charge in [-0.15, -0.1) is 0 Å². The van der Waals surface area contributed by atoms with E-state index in [0.29, 0.717) is 6.04 Å². The zero-order valence-electron chi connectivity index (χ0n) is 15.0. The van der Waals surface area contributed by atoms with Crippen LogP contribution in [0.25, 0.3) is 0 Å². The number of carbonyl (C=O) groups is 2. The lowest BCUT2D eigenvalue weighted by Crippen LogP contribution is -2.34. The van der Waals surface area contributed by atoms with Crippen LogP contribution in [0.1, 0.15) is 50.5 Å². The first-order valence-corrected chi connectivity index (χ1v) is 9.20. The molecule has 0 spiro atoms. The van der Waals surface area contributed by atoms with Gasteiger partial charge >= 0.3 is 11.9 Å². The van der Waals surface area contributed by atoms with E-state index in [-0.39, 0.29) is 6.61 Å². The van der Waals surface area contributed by atoms with Crippen molar-refractivity contribution in [3.63, 3.8) is 0 Å². The number of esters is 1. The molecule has 1 fully saturated rings. The Hall–Kier alpha value is -1.88. The largest absolute Gasteiger partial charge is 0.473 e. The van der Waals surface area contributed by atoms with Gasteiger partial charge in [-0.1, -0.05) is 36.8 Å². The van der Waals surface area contributed by atoms with Gasteiger partial charge in [-0.25, -0.2) is 9.59 Å². The molecule has 1 saturated carbocycles. The van der Waals surface area contributed by atoms with Gasteiger partial charge in [-0.2, -0.15) is 0 Å². The van der Waals surface area contributed by atoms with E-state index in [9.17, 15) is 9.59 Å². The maximum absolute atomic E-state index is 10.8. The second kappa shape index (κ2) is 10.2. The lowest BCUT2D eigenvalue weighted by Gasteiger charge is -2.34. The van der Waals surface area contributed by atoms with Gasteiger partial charge in [0.15, 0.2) is 0 Å². The van der Waals surface area contributed by atoms with Crippen molar-refractivity contribution in [2.24, 2.45) is 5.92 Å². The summed E-state index contributed by atoms with van der Waals surface area (Å²) in [6.45, 7) is 1.21. The standard InChI is InChI=1S/C20H29NO4/c1-21(15-17-8-3-2-4-9-17)18-12-10-16(11-13-18)7-5-6-14-25-20(24)19(22)23/h2-4,8-9,16,18H,5-7,10-15H2,1H3,(H,22,23)/t16-,18+. The maximum atomic E-state index is 10.8. The molecule has 25 heavy (non-hydrogen) atoms. The normalized spacial score (nSPS) is 20.4. The van der Waals surface area contributed by atoms with Crippen LogP contribution in [-0.4, -0.2) is 41.6 Å². The highest BCUT2D eigenvalue weighted by Gasteiger charge is 2.23. The third-order valence-corrected chi connectivity index (χ3v) is 5.13. The molecule has 5 heteroatoms. The number of rotatable bonds is 8. The summed E-state index contributed by atoms with van der Waals surface area (Å²) in [6.07, 6.45) is 7.84. The molecule has 0 bridgehead atoms. The molecule has 1 aromatic rings. The highest BCUT2D eigenvalue weighted by molar-refractivity contribution is 6.28. The third-order valence-electron chi connectivity index (χ3n) is 5.13. The Morgan fingerprint density at radius 3 is 2.44 bits per heavy atom. The van der Waals surface area contributed by atoms with Crippen molar-refractivity contribution >= 4 is 11.9 Å². The first-order chi connectivity index (χ1) is 12.1.